The van der Waals surface area contributed by atoms with E-state index in [-0.39, 0.29) is 42.3 Å². The minimum absolute atomic E-state index is 0.0834. The highest BCUT2D eigenvalue weighted by molar-refractivity contribution is 5.87. The van der Waals surface area contributed by atoms with Gasteiger partial charge in [0.05, 0.1) is 24.2 Å². The minimum atomic E-state index is -1.85. The average molecular weight is 807 g/mol. The van der Waals surface area contributed by atoms with Gasteiger partial charge in [-0.25, -0.2) is 9.59 Å². The van der Waals surface area contributed by atoms with Gasteiger partial charge in [-0.1, -0.05) is 59.3 Å². The summed E-state index contributed by atoms with van der Waals surface area (Å²) in [6.07, 6.45) is -4.98. The van der Waals surface area contributed by atoms with Crippen molar-refractivity contribution < 1.29 is 69.1 Å². The van der Waals surface area contributed by atoms with Crippen LogP contribution in [0.1, 0.15) is 107 Å². The van der Waals surface area contributed by atoms with E-state index in [1.807, 2.05) is 20.8 Å². The maximum absolute atomic E-state index is 13.1. The van der Waals surface area contributed by atoms with Crippen LogP contribution in [-0.4, -0.2) is 122 Å². The highest BCUT2D eigenvalue weighted by atomic mass is 16.7. The molecule has 7 N–H and O–H groups in total. The van der Waals surface area contributed by atoms with Crippen molar-refractivity contribution in [3.8, 4) is 0 Å². The molecule has 6 rings (SSSR count). The van der Waals surface area contributed by atoms with Crippen LogP contribution in [0.5, 0.6) is 0 Å². The maximum Gasteiger partial charge on any atom is 0.335 e. The monoisotopic (exact) mass is 806 g/mol. The zero-order valence-electron chi connectivity index (χ0n) is 34.9. The molecule has 14 nitrogen and oxygen atoms in total. The summed E-state index contributed by atoms with van der Waals surface area (Å²) in [5.41, 5.74) is -2.67. The number of hydrogen-bond donors (Lipinski definition) is 7. The van der Waals surface area contributed by atoms with Crippen LogP contribution < -0.4 is 0 Å². The van der Waals surface area contributed by atoms with Crippen molar-refractivity contribution in [2.24, 2.45) is 50.2 Å². The molecule has 17 atom stereocenters. The number of allylic oxidation sites excluding steroid dienone is 3. The lowest BCUT2D eigenvalue weighted by Gasteiger charge is -2.72. The molecule has 1 heterocycles. The Morgan fingerprint density at radius 2 is 1.58 bits per heavy atom. The summed E-state index contributed by atoms with van der Waals surface area (Å²) in [5, 5.41) is 77.3. The number of aliphatic hydroxyl groups is 6. The third-order valence-corrected chi connectivity index (χ3v) is 16.8. The third-order valence-electron chi connectivity index (χ3n) is 16.8. The molecule has 1 saturated heterocycles. The van der Waals surface area contributed by atoms with Gasteiger partial charge in [0.1, 0.15) is 37.1 Å². The van der Waals surface area contributed by atoms with E-state index in [1.165, 1.54) is 6.92 Å². The van der Waals surface area contributed by atoms with Crippen LogP contribution in [-0.2, 0) is 33.3 Å². The number of aliphatic hydroxyl groups excluding tert-OH is 6. The minimum Gasteiger partial charge on any atom is -0.479 e. The van der Waals surface area contributed by atoms with Gasteiger partial charge < -0.3 is 54.7 Å². The van der Waals surface area contributed by atoms with Crippen LogP contribution in [0.3, 0.4) is 0 Å². The number of rotatable bonds is 8. The Morgan fingerprint density at radius 3 is 2.18 bits per heavy atom. The maximum atomic E-state index is 13.1. The van der Waals surface area contributed by atoms with Crippen molar-refractivity contribution in [1.82, 2.24) is 0 Å². The zero-order valence-corrected chi connectivity index (χ0v) is 34.9. The summed E-state index contributed by atoms with van der Waals surface area (Å²) < 4.78 is 23.5. The number of ether oxygens (including phenoxy) is 4. The first-order valence-corrected chi connectivity index (χ1v) is 20.6. The topological polar surface area (TPSA) is 230 Å². The smallest absolute Gasteiger partial charge is 0.335 e. The first kappa shape index (κ1) is 44.1. The van der Waals surface area contributed by atoms with Crippen LogP contribution in [0.25, 0.3) is 0 Å². The van der Waals surface area contributed by atoms with Gasteiger partial charge in [-0.2, -0.15) is 0 Å². The van der Waals surface area contributed by atoms with Crippen LogP contribution >= 0.6 is 0 Å². The predicted octanol–water partition coefficient (Wildman–Crippen LogP) is 3.03. The van der Waals surface area contributed by atoms with E-state index >= 15 is 0 Å². The lowest BCUT2D eigenvalue weighted by Crippen LogP contribution is -2.72. The Morgan fingerprint density at radius 1 is 0.912 bits per heavy atom. The molecule has 0 radical (unpaired) electrons. The highest BCUT2D eigenvalue weighted by Gasteiger charge is 2.73. The van der Waals surface area contributed by atoms with Crippen LogP contribution in [0, 0.1) is 50.2 Å². The molecule has 0 aromatic heterocycles. The molecule has 14 heteroatoms. The van der Waals surface area contributed by atoms with Gasteiger partial charge in [0.15, 0.2) is 12.4 Å². The first-order chi connectivity index (χ1) is 26.4. The predicted molar refractivity (Wildman–Crippen MR) is 204 cm³/mol. The fourth-order valence-electron chi connectivity index (χ4n) is 13.2. The van der Waals surface area contributed by atoms with Crippen molar-refractivity contribution in [3.05, 3.63) is 23.3 Å². The number of carbonyl (C=O) groups is 3. The number of aliphatic carboxylic acids is 1. The van der Waals surface area contributed by atoms with E-state index < -0.39 is 101 Å². The van der Waals surface area contributed by atoms with E-state index in [9.17, 15) is 50.1 Å². The van der Waals surface area contributed by atoms with Crippen molar-refractivity contribution >= 4 is 17.9 Å². The molecule has 0 amide bonds. The first-order valence-electron chi connectivity index (χ1n) is 20.6. The molecule has 4 saturated carbocycles. The summed E-state index contributed by atoms with van der Waals surface area (Å²) >= 11 is 0. The summed E-state index contributed by atoms with van der Waals surface area (Å²) in [7, 11) is 0. The summed E-state index contributed by atoms with van der Waals surface area (Å²) in [4.78, 5) is 37.3. The average Bonchev–Trinajstić information content (AvgIpc) is 3.13. The fourth-order valence-corrected chi connectivity index (χ4v) is 13.2. The van der Waals surface area contributed by atoms with E-state index in [0.29, 0.717) is 37.7 Å². The van der Waals surface area contributed by atoms with Gasteiger partial charge in [0, 0.05) is 23.3 Å². The van der Waals surface area contributed by atoms with E-state index in [4.69, 9.17) is 18.9 Å². The molecule has 57 heavy (non-hydrogen) atoms. The van der Waals surface area contributed by atoms with Crippen LogP contribution in [0.4, 0.5) is 0 Å². The highest BCUT2D eigenvalue weighted by Crippen LogP contribution is 2.76. The van der Waals surface area contributed by atoms with Crippen molar-refractivity contribution in [3.63, 3.8) is 0 Å². The second-order valence-electron chi connectivity index (χ2n) is 20.0. The molecule has 0 aromatic carbocycles. The van der Waals surface area contributed by atoms with Crippen molar-refractivity contribution in [2.75, 3.05) is 13.2 Å². The molecule has 0 spiro atoms. The number of hydrogen-bond acceptors (Lipinski definition) is 13. The molecular formula is C43H66O14. The number of carboxylic acids is 1. The Balaban J connectivity index is 1.35. The van der Waals surface area contributed by atoms with Gasteiger partial charge >= 0.3 is 17.9 Å². The fraction of sp³-hybridized carbons (Fsp3) is 0.837. The Bertz CT molecular complexity index is 1660. The molecule has 0 unspecified atom stereocenters. The molecule has 5 fully saturated rings. The molecule has 6 aliphatic rings. The summed E-state index contributed by atoms with van der Waals surface area (Å²) in [6, 6.07) is 0. The molecule has 322 valence electrons. The van der Waals surface area contributed by atoms with E-state index in [0.717, 1.165) is 12.0 Å². The standard InChI is InChI=1S/C43H66O14/c1-10-21(2)36(53)57-34-33(50)43(20-54-22(3)45)24(17-38(34,4)5)23-11-12-26-39(6)15-14-28(55-37-31(49)29(47)30(48)32(56-37)35(51)52)40(7,19-44)25(39)13-16-41(26,8)42(23,9)18-27(43)46/h10-11,24-34,37,44,46-50H,12-20H2,1-9H3,(H,51,52)/b21-10+/t24-,25+,26+,27-,28-,29+,30+,31-,32+,33-,34-,37-,39-,40-,41+,42+,43-/m0/s1. The summed E-state index contributed by atoms with van der Waals surface area (Å²) in [6.45, 7) is 16.8. The third kappa shape index (κ3) is 6.45. The molecule has 0 aromatic rings. The van der Waals surface area contributed by atoms with E-state index in [1.54, 1.807) is 19.9 Å². The number of carbonyl (C=O) groups excluding carboxylic acids is 2. The Hall–Kier alpha value is -2.43. The zero-order chi connectivity index (χ0) is 42.4. The SMILES string of the molecule is C/C=C(\C)C(=O)O[C@H]1[C@H](O)[C@]2(COC(C)=O)[C@@H](O)C[C@]3(C)C(=CC[C@@H]4[C@@]5(C)CC[C@H](O[C@H]6O[C@@H](C(=O)O)[C@H](O)[C@@H](O)[C@@H]6O)[C@@](C)(CO)[C@@H]5CC[C@]43C)[C@@H]2CC1(C)C. The Labute approximate surface area is 335 Å². The van der Waals surface area contributed by atoms with Crippen LogP contribution in [0.2, 0.25) is 0 Å². The van der Waals surface area contributed by atoms with Gasteiger partial charge in [-0.05, 0) is 92.8 Å². The van der Waals surface area contributed by atoms with Gasteiger partial charge in [0.25, 0.3) is 0 Å². The van der Waals surface area contributed by atoms with Gasteiger partial charge in [0.2, 0.25) is 0 Å². The van der Waals surface area contributed by atoms with Crippen LogP contribution in [0.15, 0.2) is 23.3 Å². The largest absolute Gasteiger partial charge is 0.479 e. The second kappa shape index (κ2) is 14.9. The molecule has 5 aliphatic carbocycles. The van der Waals surface area contributed by atoms with Crippen molar-refractivity contribution in [1.29, 1.82) is 0 Å². The van der Waals surface area contributed by atoms with E-state index in [2.05, 4.69) is 26.8 Å². The number of esters is 2. The lowest BCUT2D eigenvalue weighted by molar-refractivity contribution is -0.328. The second-order valence-corrected chi connectivity index (χ2v) is 20.0. The molecule has 1 aliphatic heterocycles. The number of fused-ring (bicyclic) bond motifs is 7. The van der Waals surface area contributed by atoms with Gasteiger partial charge in [-0.15, -0.1) is 0 Å². The van der Waals surface area contributed by atoms with Crippen molar-refractivity contribution in [2.45, 2.75) is 162 Å². The quantitative estimate of drug-likeness (QED) is 0.0810. The summed E-state index contributed by atoms with van der Waals surface area (Å²) in [5.74, 6) is -3.00. The van der Waals surface area contributed by atoms with Gasteiger partial charge in [-0.3, -0.25) is 4.79 Å². The molecular weight excluding hydrogens is 740 g/mol. The Kier molecular flexibility index (Phi) is 11.6. The molecule has 0 bridgehead atoms. The number of carboxylic acid groups (broad SMARTS) is 1. The lowest BCUT2D eigenvalue weighted by atomic mass is 9.33. The normalized spacial score (nSPS) is 49.2.